The van der Waals surface area contributed by atoms with Crippen LogP contribution in [0.1, 0.15) is 12.0 Å². The Morgan fingerprint density at radius 3 is 2.70 bits per heavy atom. The molecule has 2 aromatic carbocycles. The molecular weight excluding hydrogens is 352 g/mol. The third kappa shape index (κ3) is 3.64. The van der Waals surface area contributed by atoms with Gasteiger partial charge in [0.1, 0.15) is 17.9 Å². The molecule has 0 amide bonds. The highest BCUT2D eigenvalue weighted by atomic mass is 16.7. The molecule has 0 aliphatic carbocycles. The van der Waals surface area contributed by atoms with Crippen LogP contribution in [0.15, 0.2) is 69.0 Å². The Balaban J connectivity index is 1.38. The van der Waals surface area contributed by atoms with E-state index in [-0.39, 0.29) is 18.4 Å². The number of ether oxygens (including phenoxy) is 1. The van der Waals surface area contributed by atoms with Crippen molar-refractivity contribution in [3.63, 3.8) is 0 Å². The van der Waals surface area contributed by atoms with Crippen molar-refractivity contribution in [3.8, 4) is 5.75 Å². The van der Waals surface area contributed by atoms with Crippen LogP contribution in [0, 0.1) is 10.1 Å². The molecule has 136 valence electrons. The Morgan fingerprint density at radius 2 is 1.93 bits per heavy atom. The summed E-state index contributed by atoms with van der Waals surface area (Å²) in [4.78, 5) is 27.0. The standard InChI is InChI=1S/C19H14N2O6/c22-19-8-4-13-3-7-15(10-18(13)26-19)25-11-16-9-17(20-27-16)12-1-5-14(6-2-12)21(23)24/h1-8,10,16H,9,11H2. The molecule has 3 aromatic rings. The van der Waals surface area contributed by atoms with E-state index in [1.165, 1.54) is 18.2 Å². The molecule has 8 nitrogen and oxygen atoms in total. The molecule has 0 saturated heterocycles. The van der Waals surface area contributed by atoms with Gasteiger partial charge in [-0.2, -0.15) is 0 Å². The van der Waals surface area contributed by atoms with Gasteiger partial charge in [-0.25, -0.2) is 4.79 Å². The van der Waals surface area contributed by atoms with Gasteiger partial charge in [-0.05, 0) is 35.9 Å². The summed E-state index contributed by atoms with van der Waals surface area (Å²) in [5, 5.41) is 15.6. The number of nitrogens with zero attached hydrogens (tertiary/aromatic N) is 2. The van der Waals surface area contributed by atoms with E-state index in [4.69, 9.17) is 14.0 Å². The van der Waals surface area contributed by atoms with Crippen molar-refractivity contribution in [2.75, 3.05) is 6.61 Å². The molecule has 1 aromatic heterocycles. The Labute approximate surface area is 152 Å². The molecule has 27 heavy (non-hydrogen) atoms. The Bertz CT molecular complexity index is 1090. The van der Waals surface area contributed by atoms with Gasteiger partial charge in [0.05, 0.1) is 10.6 Å². The maximum atomic E-state index is 11.3. The number of fused-ring (bicyclic) bond motifs is 1. The van der Waals surface area contributed by atoms with Crippen LogP contribution in [0.2, 0.25) is 0 Å². The molecular formula is C19H14N2O6. The molecule has 2 heterocycles. The fraction of sp³-hybridized carbons (Fsp3) is 0.158. The van der Waals surface area contributed by atoms with Crippen LogP contribution in [0.25, 0.3) is 11.0 Å². The first-order valence-electron chi connectivity index (χ1n) is 8.23. The summed E-state index contributed by atoms with van der Waals surface area (Å²) < 4.78 is 10.9. The number of non-ortho nitro benzene ring substituents is 1. The summed E-state index contributed by atoms with van der Waals surface area (Å²) in [7, 11) is 0. The van der Waals surface area contributed by atoms with Gasteiger partial charge in [0.25, 0.3) is 5.69 Å². The van der Waals surface area contributed by atoms with Crippen LogP contribution in [-0.4, -0.2) is 23.3 Å². The summed E-state index contributed by atoms with van der Waals surface area (Å²) in [6, 6.07) is 14.5. The monoisotopic (exact) mass is 366 g/mol. The van der Waals surface area contributed by atoms with Gasteiger partial charge < -0.3 is 14.0 Å². The lowest BCUT2D eigenvalue weighted by Crippen LogP contribution is -2.18. The average Bonchev–Trinajstić information content (AvgIpc) is 3.15. The summed E-state index contributed by atoms with van der Waals surface area (Å²) in [6.07, 6.45) is 0.258. The van der Waals surface area contributed by atoms with Gasteiger partial charge >= 0.3 is 5.63 Å². The molecule has 0 spiro atoms. The minimum Gasteiger partial charge on any atom is -0.489 e. The van der Waals surface area contributed by atoms with Crippen molar-refractivity contribution in [2.45, 2.75) is 12.5 Å². The summed E-state index contributed by atoms with van der Waals surface area (Å²) in [6.45, 7) is 0.266. The molecule has 0 bridgehead atoms. The molecule has 1 aliphatic heterocycles. The largest absolute Gasteiger partial charge is 0.489 e. The molecule has 0 radical (unpaired) electrons. The second kappa shape index (κ2) is 6.91. The Hall–Kier alpha value is -3.68. The van der Waals surface area contributed by atoms with Crippen molar-refractivity contribution in [1.82, 2.24) is 0 Å². The van der Waals surface area contributed by atoms with E-state index in [9.17, 15) is 14.9 Å². The number of oxime groups is 1. The van der Waals surface area contributed by atoms with Crippen LogP contribution in [0.3, 0.4) is 0 Å². The highest BCUT2D eigenvalue weighted by Crippen LogP contribution is 2.22. The molecule has 0 saturated carbocycles. The Morgan fingerprint density at radius 1 is 1.15 bits per heavy atom. The molecule has 0 N–H and O–H groups in total. The van der Waals surface area contributed by atoms with E-state index in [1.807, 2.05) is 6.07 Å². The maximum absolute atomic E-state index is 11.3. The normalized spacial score (nSPS) is 16.0. The third-order valence-corrected chi connectivity index (χ3v) is 4.17. The van der Waals surface area contributed by atoms with Gasteiger partial charge in [0, 0.05) is 36.1 Å². The van der Waals surface area contributed by atoms with E-state index < -0.39 is 10.5 Å². The van der Waals surface area contributed by atoms with Crippen LogP contribution in [0.5, 0.6) is 5.75 Å². The zero-order valence-corrected chi connectivity index (χ0v) is 14.0. The lowest BCUT2D eigenvalue weighted by molar-refractivity contribution is -0.384. The van der Waals surface area contributed by atoms with Crippen molar-refractivity contribution in [3.05, 3.63) is 80.7 Å². The predicted octanol–water partition coefficient (Wildman–Crippen LogP) is 3.27. The predicted molar refractivity (Wildman–Crippen MR) is 97.1 cm³/mol. The van der Waals surface area contributed by atoms with Crippen LogP contribution < -0.4 is 10.4 Å². The van der Waals surface area contributed by atoms with Gasteiger partial charge in [-0.1, -0.05) is 5.16 Å². The first kappa shape index (κ1) is 16.8. The van der Waals surface area contributed by atoms with Crippen molar-refractivity contribution >= 4 is 22.4 Å². The van der Waals surface area contributed by atoms with Crippen LogP contribution in [-0.2, 0) is 4.84 Å². The highest BCUT2D eigenvalue weighted by Gasteiger charge is 2.23. The van der Waals surface area contributed by atoms with Gasteiger partial charge in [-0.3, -0.25) is 10.1 Å². The number of hydrogen-bond acceptors (Lipinski definition) is 7. The number of benzene rings is 2. The first-order valence-corrected chi connectivity index (χ1v) is 8.23. The zero-order valence-electron chi connectivity index (χ0n) is 14.0. The number of nitro groups is 1. The summed E-state index contributed by atoms with van der Waals surface area (Å²) >= 11 is 0. The zero-order chi connectivity index (χ0) is 18.8. The SMILES string of the molecule is O=c1ccc2ccc(OCC3CC(c4ccc([N+](=O)[O-])cc4)=NO3)cc2o1. The fourth-order valence-corrected chi connectivity index (χ4v) is 2.78. The minimum absolute atomic E-state index is 0.0288. The van der Waals surface area contributed by atoms with Crippen LogP contribution in [0.4, 0.5) is 5.69 Å². The molecule has 1 aliphatic rings. The average molecular weight is 366 g/mol. The number of rotatable bonds is 5. The first-order chi connectivity index (χ1) is 13.1. The number of nitro benzene ring substituents is 1. The smallest absolute Gasteiger partial charge is 0.336 e. The summed E-state index contributed by atoms with van der Waals surface area (Å²) in [5.41, 5.74) is 1.55. The molecule has 4 rings (SSSR count). The molecule has 1 atom stereocenters. The quantitative estimate of drug-likeness (QED) is 0.390. The highest BCUT2D eigenvalue weighted by molar-refractivity contribution is 6.01. The van der Waals surface area contributed by atoms with E-state index in [0.717, 1.165) is 10.9 Å². The number of hydrogen-bond donors (Lipinski definition) is 0. The maximum Gasteiger partial charge on any atom is 0.336 e. The second-order valence-electron chi connectivity index (χ2n) is 6.04. The lowest BCUT2D eigenvalue weighted by Gasteiger charge is -2.10. The molecule has 0 fully saturated rings. The lowest BCUT2D eigenvalue weighted by atomic mass is 10.1. The Kier molecular flexibility index (Phi) is 4.29. The third-order valence-electron chi connectivity index (χ3n) is 4.17. The van der Waals surface area contributed by atoms with Gasteiger partial charge in [-0.15, -0.1) is 0 Å². The van der Waals surface area contributed by atoms with Crippen LogP contribution >= 0.6 is 0 Å². The topological polar surface area (TPSA) is 104 Å². The molecule has 1 unspecified atom stereocenters. The van der Waals surface area contributed by atoms with Crippen molar-refractivity contribution in [1.29, 1.82) is 0 Å². The van der Waals surface area contributed by atoms with E-state index in [1.54, 1.807) is 30.3 Å². The van der Waals surface area contributed by atoms with Crippen molar-refractivity contribution < 1.29 is 18.9 Å². The van der Waals surface area contributed by atoms with E-state index >= 15 is 0 Å². The van der Waals surface area contributed by atoms with Gasteiger partial charge in [0.15, 0.2) is 6.10 Å². The van der Waals surface area contributed by atoms with E-state index in [0.29, 0.717) is 23.5 Å². The van der Waals surface area contributed by atoms with Crippen molar-refractivity contribution in [2.24, 2.45) is 5.16 Å². The fourth-order valence-electron chi connectivity index (χ4n) is 2.78. The van der Waals surface area contributed by atoms with E-state index in [2.05, 4.69) is 5.16 Å². The summed E-state index contributed by atoms with van der Waals surface area (Å²) in [5.74, 6) is 0.559. The second-order valence-corrected chi connectivity index (χ2v) is 6.04. The minimum atomic E-state index is -0.445. The van der Waals surface area contributed by atoms with Gasteiger partial charge in [0.2, 0.25) is 0 Å². The molecule has 8 heteroatoms.